The van der Waals surface area contributed by atoms with Gasteiger partial charge in [0.1, 0.15) is 0 Å². The third kappa shape index (κ3) is 2.91. The van der Waals surface area contributed by atoms with Crippen LogP contribution in [0.1, 0.15) is 26.2 Å². The number of hydrogen-bond acceptors (Lipinski definition) is 1. The van der Waals surface area contributed by atoms with Crippen LogP contribution in [0.5, 0.6) is 0 Å². The maximum absolute atomic E-state index is 11.1. The molecule has 0 aliphatic heterocycles. The summed E-state index contributed by atoms with van der Waals surface area (Å²) in [7, 11) is 0. The van der Waals surface area contributed by atoms with E-state index in [2.05, 4.69) is 17.5 Å². The molecule has 0 spiro atoms. The standard InChI is InChI=1S/C10H15NO/c1-2-6-10(12)11-9-7-4-3-5-8-9/h2-4,6,9H,5,7-8H2,1H3,(H,11,12)/b6-2+. The van der Waals surface area contributed by atoms with E-state index in [1.165, 1.54) is 0 Å². The molecule has 0 heterocycles. The Morgan fingerprint density at radius 3 is 3.00 bits per heavy atom. The van der Waals surface area contributed by atoms with Crippen molar-refractivity contribution in [3.63, 3.8) is 0 Å². The number of amides is 1. The van der Waals surface area contributed by atoms with Crippen molar-refractivity contribution in [3.05, 3.63) is 24.3 Å². The lowest BCUT2D eigenvalue weighted by molar-refractivity contribution is -0.117. The SMILES string of the molecule is C/C=C/C(=O)NC1CC=CCC1. The van der Waals surface area contributed by atoms with E-state index >= 15 is 0 Å². The van der Waals surface area contributed by atoms with E-state index in [1.807, 2.05) is 6.92 Å². The van der Waals surface area contributed by atoms with Crippen molar-refractivity contribution in [1.29, 1.82) is 0 Å². The summed E-state index contributed by atoms with van der Waals surface area (Å²) in [6.07, 6.45) is 10.7. The molecule has 0 bridgehead atoms. The predicted octanol–water partition coefficient (Wildman–Crippen LogP) is 1.79. The highest BCUT2D eigenvalue weighted by atomic mass is 16.1. The topological polar surface area (TPSA) is 29.1 Å². The molecule has 0 saturated carbocycles. The van der Waals surface area contributed by atoms with Gasteiger partial charge in [-0.3, -0.25) is 4.79 Å². The number of rotatable bonds is 2. The molecule has 66 valence electrons. The average molecular weight is 165 g/mol. The summed E-state index contributed by atoms with van der Waals surface area (Å²) in [5.74, 6) is 0.0257. The van der Waals surface area contributed by atoms with Crippen molar-refractivity contribution < 1.29 is 4.79 Å². The number of allylic oxidation sites excluding steroid dienone is 2. The molecule has 1 aliphatic carbocycles. The second-order valence-corrected chi connectivity index (χ2v) is 2.99. The number of nitrogens with one attached hydrogen (secondary N) is 1. The van der Waals surface area contributed by atoms with Crippen molar-refractivity contribution in [2.24, 2.45) is 0 Å². The summed E-state index contributed by atoms with van der Waals surface area (Å²) in [5, 5.41) is 2.94. The normalized spacial score (nSPS) is 22.9. The first-order valence-electron chi connectivity index (χ1n) is 4.41. The summed E-state index contributed by atoms with van der Waals surface area (Å²) in [6.45, 7) is 1.85. The van der Waals surface area contributed by atoms with Crippen LogP contribution in [0.2, 0.25) is 0 Å². The van der Waals surface area contributed by atoms with Gasteiger partial charge in [0.05, 0.1) is 0 Å². The smallest absolute Gasteiger partial charge is 0.243 e. The fraction of sp³-hybridized carbons (Fsp3) is 0.500. The molecule has 1 amide bonds. The molecular formula is C10H15NO. The minimum atomic E-state index is 0.0257. The van der Waals surface area contributed by atoms with Crippen LogP contribution in [0.4, 0.5) is 0 Å². The van der Waals surface area contributed by atoms with Crippen LogP contribution in [-0.4, -0.2) is 11.9 Å². The molecular weight excluding hydrogens is 150 g/mol. The molecule has 2 nitrogen and oxygen atoms in total. The number of hydrogen-bond donors (Lipinski definition) is 1. The van der Waals surface area contributed by atoms with E-state index in [4.69, 9.17) is 0 Å². The Bertz CT molecular complexity index is 206. The van der Waals surface area contributed by atoms with Crippen LogP contribution < -0.4 is 5.32 Å². The summed E-state index contributed by atoms with van der Waals surface area (Å²) in [6, 6.07) is 0.346. The van der Waals surface area contributed by atoms with Crippen LogP contribution in [0.15, 0.2) is 24.3 Å². The molecule has 0 fully saturated rings. The van der Waals surface area contributed by atoms with Crippen molar-refractivity contribution in [1.82, 2.24) is 5.32 Å². The Kier molecular flexibility index (Phi) is 3.58. The van der Waals surface area contributed by atoms with Crippen LogP contribution in [-0.2, 0) is 4.79 Å². The number of carbonyl (C=O) groups is 1. The van der Waals surface area contributed by atoms with Gasteiger partial charge >= 0.3 is 0 Å². The maximum atomic E-state index is 11.1. The van der Waals surface area contributed by atoms with E-state index in [0.29, 0.717) is 6.04 Å². The van der Waals surface area contributed by atoms with Crippen LogP contribution in [0.25, 0.3) is 0 Å². The largest absolute Gasteiger partial charge is 0.350 e. The van der Waals surface area contributed by atoms with Gasteiger partial charge in [0.15, 0.2) is 0 Å². The average Bonchev–Trinajstić information content (AvgIpc) is 2.06. The van der Waals surface area contributed by atoms with Gasteiger partial charge in [-0.15, -0.1) is 0 Å². The molecule has 0 aromatic rings. The van der Waals surface area contributed by atoms with Crippen LogP contribution >= 0.6 is 0 Å². The maximum Gasteiger partial charge on any atom is 0.243 e. The van der Waals surface area contributed by atoms with Gasteiger partial charge in [-0.25, -0.2) is 0 Å². The summed E-state index contributed by atoms with van der Waals surface area (Å²) >= 11 is 0. The lowest BCUT2D eigenvalue weighted by Gasteiger charge is -2.17. The minimum absolute atomic E-state index is 0.0257. The van der Waals surface area contributed by atoms with E-state index < -0.39 is 0 Å². The van der Waals surface area contributed by atoms with E-state index in [-0.39, 0.29) is 5.91 Å². The summed E-state index contributed by atoms with van der Waals surface area (Å²) in [5.41, 5.74) is 0. The third-order valence-corrected chi connectivity index (χ3v) is 1.93. The van der Waals surface area contributed by atoms with E-state index in [1.54, 1.807) is 12.2 Å². The highest BCUT2D eigenvalue weighted by Gasteiger charge is 2.10. The van der Waals surface area contributed by atoms with Gasteiger partial charge in [0, 0.05) is 6.04 Å². The molecule has 1 atom stereocenters. The Balaban J connectivity index is 2.30. The molecule has 1 aliphatic rings. The fourth-order valence-electron chi connectivity index (χ4n) is 1.33. The highest BCUT2D eigenvalue weighted by molar-refractivity contribution is 5.87. The summed E-state index contributed by atoms with van der Waals surface area (Å²) in [4.78, 5) is 11.1. The molecule has 0 aromatic heterocycles. The van der Waals surface area contributed by atoms with Crippen molar-refractivity contribution in [2.75, 3.05) is 0 Å². The summed E-state index contributed by atoms with van der Waals surface area (Å²) < 4.78 is 0. The zero-order valence-electron chi connectivity index (χ0n) is 7.42. The molecule has 0 aromatic carbocycles. The van der Waals surface area contributed by atoms with Gasteiger partial charge < -0.3 is 5.32 Å². The van der Waals surface area contributed by atoms with Crippen molar-refractivity contribution in [3.8, 4) is 0 Å². The minimum Gasteiger partial charge on any atom is -0.350 e. The Morgan fingerprint density at radius 1 is 1.58 bits per heavy atom. The fourth-order valence-corrected chi connectivity index (χ4v) is 1.33. The second kappa shape index (κ2) is 4.75. The predicted molar refractivity (Wildman–Crippen MR) is 49.7 cm³/mol. The monoisotopic (exact) mass is 165 g/mol. The van der Waals surface area contributed by atoms with Crippen LogP contribution in [0.3, 0.4) is 0 Å². The van der Waals surface area contributed by atoms with Crippen molar-refractivity contribution >= 4 is 5.91 Å². The zero-order chi connectivity index (χ0) is 8.81. The molecule has 0 radical (unpaired) electrons. The van der Waals surface area contributed by atoms with Gasteiger partial charge in [-0.2, -0.15) is 0 Å². The van der Waals surface area contributed by atoms with Crippen molar-refractivity contribution in [2.45, 2.75) is 32.2 Å². The lowest BCUT2D eigenvalue weighted by Crippen LogP contribution is -2.33. The third-order valence-electron chi connectivity index (χ3n) is 1.93. The Morgan fingerprint density at radius 2 is 2.42 bits per heavy atom. The first kappa shape index (κ1) is 9.04. The Hall–Kier alpha value is -1.05. The molecule has 1 rings (SSSR count). The first-order chi connectivity index (χ1) is 5.83. The first-order valence-corrected chi connectivity index (χ1v) is 4.41. The van der Waals surface area contributed by atoms with Gasteiger partial charge in [-0.05, 0) is 32.3 Å². The van der Waals surface area contributed by atoms with Gasteiger partial charge in [0.25, 0.3) is 0 Å². The highest BCUT2D eigenvalue weighted by Crippen LogP contribution is 2.09. The van der Waals surface area contributed by atoms with E-state index in [9.17, 15) is 4.79 Å². The van der Waals surface area contributed by atoms with Gasteiger partial charge in [-0.1, -0.05) is 18.2 Å². The van der Waals surface area contributed by atoms with Gasteiger partial charge in [0.2, 0.25) is 5.91 Å². The quantitative estimate of drug-likeness (QED) is 0.490. The molecule has 0 saturated heterocycles. The Labute approximate surface area is 73.4 Å². The van der Waals surface area contributed by atoms with Crippen LogP contribution in [0, 0.1) is 0 Å². The molecule has 1 N–H and O–H groups in total. The zero-order valence-corrected chi connectivity index (χ0v) is 7.42. The molecule has 12 heavy (non-hydrogen) atoms. The van der Waals surface area contributed by atoms with E-state index in [0.717, 1.165) is 19.3 Å². The molecule has 1 unspecified atom stereocenters. The second-order valence-electron chi connectivity index (χ2n) is 2.99. The number of carbonyl (C=O) groups excluding carboxylic acids is 1. The molecule has 2 heteroatoms. The lowest BCUT2D eigenvalue weighted by atomic mass is 10.0.